The molecule has 0 aromatic heterocycles. The number of thiocarbonyl (C=S) groups is 1. The van der Waals surface area contributed by atoms with Crippen molar-refractivity contribution >= 4 is 46.1 Å². The summed E-state index contributed by atoms with van der Waals surface area (Å²) in [4.78, 5) is 0. The maximum atomic E-state index is 10.1. The molecule has 0 heterocycles. The summed E-state index contributed by atoms with van der Waals surface area (Å²) in [5.74, 6) is 0.159. The molecule has 4 rings (SSSR count). The first kappa shape index (κ1) is 22.9. The van der Waals surface area contributed by atoms with Crippen molar-refractivity contribution in [2.45, 2.75) is 5.54 Å². The van der Waals surface area contributed by atoms with Crippen molar-refractivity contribution in [3.63, 3.8) is 0 Å². The number of rotatable bonds is 6. The quantitative estimate of drug-likeness (QED) is 0.0915. The second-order valence-corrected chi connectivity index (χ2v) is 9.03. The fourth-order valence-electron chi connectivity index (χ4n) is 3.77. The number of halogens is 1. The Bertz CT molecular complexity index is 1150. The summed E-state index contributed by atoms with van der Waals surface area (Å²) >= 11 is 7.87. The number of hydrogen-bond donors (Lipinski definition) is 3. The van der Waals surface area contributed by atoms with Crippen LogP contribution < -0.4 is 10.7 Å². The molecule has 0 saturated heterocycles. The SMILES string of the molecule is Oc1ccc(I)cc1/C=N/NC(=S)NC(c1ccccc1)(c1ccccc1)c1ccccc1. The van der Waals surface area contributed by atoms with Crippen LogP contribution in [0, 0.1) is 3.57 Å². The number of hydrogen-bond acceptors (Lipinski definition) is 3. The predicted octanol–water partition coefficient (Wildman–Crippen LogP) is 5.79. The third kappa shape index (κ3) is 5.23. The van der Waals surface area contributed by atoms with Crippen molar-refractivity contribution in [2.75, 3.05) is 0 Å². The van der Waals surface area contributed by atoms with Gasteiger partial charge in [0, 0.05) is 9.13 Å². The van der Waals surface area contributed by atoms with Crippen LogP contribution in [0.4, 0.5) is 0 Å². The number of benzene rings is 4. The van der Waals surface area contributed by atoms with Gasteiger partial charge in [-0.15, -0.1) is 0 Å². The smallest absolute Gasteiger partial charge is 0.188 e. The molecule has 4 aromatic rings. The Morgan fingerprint density at radius 3 is 1.76 bits per heavy atom. The first-order chi connectivity index (χ1) is 16.1. The van der Waals surface area contributed by atoms with Gasteiger partial charge in [0.1, 0.15) is 11.3 Å². The third-order valence-electron chi connectivity index (χ3n) is 5.28. The number of phenols is 1. The van der Waals surface area contributed by atoms with E-state index in [0.717, 1.165) is 20.3 Å². The molecular weight excluding hydrogens is 541 g/mol. The molecule has 3 N–H and O–H groups in total. The van der Waals surface area contributed by atoms with Gasteiger partial charge in [0.2, 0.25) is 0 Å². The molecule has 33 heavy (non-hydrogen) atoms. The van der Waals surface area contributed by atoms with Gasteiger partial charge in [-0.3, -0.25) is 5.43 Å². The van der Waals surface area contributed by atoms with Gasteiger partial charge < -0.3 is 10.4 Å². The minimum absolute atomic E-state index is 0.159. The van der Waals surface area contributed by atoms with E-state index in [1.54, 1.807) is 12.3 Å². The second-order valence-electron chi connectivity index (χ2n) is 7.38. The van der Waals surface area contributed by atoms with Gasteiger partial charge in [-0.2, -0.15) is 5.10 Å². The lowest BCUT2D eigenvalue weighted by Gasteiger charge is -2.37. The van der Waals surface area contributed by atoms with Crippen molar-refractivity contribution in [1.29, 1.82) is 0 Å². The number of nitrogens with zero attached hydrogens (tertiary/aromatic N) is 1. The van der Waals surface area contributed by atoms with Gasteiger partial charge in [0.25, 0.3) is 0 Å². The number of aromatic hydroxyl groups is 1. The molecule has 0 aliphatic carbocycles. The Labute approximate surface area is 212 Å². The average Bonchev–Trinajstić information content (AvgIpc) is 2.86. The summed E-state index contributed by atoms with van der Waals surface area (Å²) in [7, 11) is 0. The summed E-state index contributed by atoms with van der Waals surface area (Å²) in [5.41, 5.74) is 5.94. The number of nitrogens with one attached hydrogen (secondary N) is 2. The van der Waals surface area contributed by atoms with Crippen molar-refractivity contribution in [1.82, 2.24) is 10.7 Å². The monoisotopic (exact) mass is 563 g/mol. The topological polar surface area (TPSA) is 56.7 Å². The zero-order valence-electron chi connectivity index (χ0n) is 17.7. The molecule has 0 atom stereocenters. The molecule has 4 nitrogen and oxygen atoms in total. The van der Waals surface area contributed by atoms with Crippen molar-refractivity contribution in [3.05, 3.63) is 135 Å². The van der Waals surface area contributed by atoms with Gasteiger partial charge in [-0.05, 0) is 69.7 Å². The van der Waals surface area contributed by atoms with Crippen LogP contribution in [0.1, 0.15) is 22.3 Å². The normalized spacial score (nSPS) is 11.3. The van der Waals surface area contributed by atoms with Crippen LogP contribution in [-0.4, -0.2) is 16.4 Å². The van der Waals surface area contributed by atoms with E-state index in [4.69, 9.17) is 12.2 Å². The highest BCUT2D eigenvalue weighted by Crippen LogP contribution is 2.36. The maximum absolute atomic E-state index is 10.1. The predicted molar refractivity (Wildman–Crippen MR) is 146 cm³/mol. The van der Waals surface area contributed by atoms with Crippen LogP contribution in [0.3, 0.4) is 0 Å². The zero-order chi connectivity index (χ0) is 23.1. The van der Waals surface area contributed by atoms with Gasteiger partial charge in [-0.1, -0.05) is 91.0 Å². The molecule has 0 unspecified atom stereocenters. The lowest BCUT2D eigenvalue weighted by Crippen LogP contribution is -2.50. The van der Waals surface area contributed by atoms with Crippen LogP contribution in [-0.2, 0) is 5.54 Å². The molecule has 0 aliphatic heterocycles. The Hall–Kier alpha value is -3.23. The first-order valence-corrected chi connectivity index (χ1v) is 11.8. The van der Waals surface area contributed by atoms with E-state index >= 15 is 0 Å². The van der Waals surface area contributed by atoms with Gasteiger partial charge in [-0.25, -0.2) is 0 Å². The molecule has 0 radical (unpaired) electrons. The van der Waals surface area contributed by atoms with E-state index in [1.807, 2.05) is 66.7 Å². The van der Waals surface area contributed by atoms with E-state index in [1.165, 1.54) is 0 Å². The minimum Gasteiger partial charge on any atom is -0.507 e. The maximum Gasteiger partial charge on any atom is 0.188 e. The van der Waals surface area contributed by atoms with Gasteiger partial charge >= 0.3 is 0 Å². The van der Waals surface area contributed by atoms with Crippen LogP contribution in [0.15, 0.2) is 114 Å². The Kier molecular flexibility index (Phi) is 7.36. The van der Waals surface area contributed by atoms with Crippen LogP contribution in [0.25, 0.3) is 0 Å². The minimum atomic E-state index is -0.729. The lowest BCUT2D eigenvalue weighted by molar-refractivity contribution is 0.474. The molecule has 0 bridgehead atoms. The van der Waals surface area contributed by atoms with E-state index in [-0.39, 0.29) is 5.75 Å². The van der Waals surface area contributed by atoms with Crippen LogP contribution in [0.5, 0.6) is 5.75 Å². The summed E-state index contributed by atoms with van der Waals surface area (Å²) in [6, 6.07) is 36.0. The summed E-state index contributed by atoms with van der Waals surface area (Å²) in [6.45, 7) is 0. The Morgan fingerprint density at radius 2 is 1.27 bits per heavy atom. The molecule has 0 fully saturated rings. The highest BCUT2D eigenvalue weighted by molar-refractivity contribution is 14.1. The molecule has 0 aliphatic rings. The van der Waals surface area contributed by atoms with E-state index in [2.05, 4.69) is 74.8 Å². The molecule has 0 amide bonds. The van der Waals surface area contributed by atoms with Crippen molar-refractivity contribution in [3.8, 4) is 5.75 Å². The van der Waals surface area contributed by atoms with E-state index in [9.17, 15) is 5.11 Å². The number of hydrazone groups is 1. The summed E-state index contributed by atoms with van der Waals surface area (Å²) < 4.78 is 1.00. The summed E-state index contributed by atoms with van der Waals surface area (Å²) in [6.07, 6.45) is 1.56. The van der Waals surface area contributed by atoms with Gasteiger partial charge in [0.05, 0.1) is 6.21 Å². The second kappa shape index (κ2) is 10.6. The molecule has 6 heteroatoms. The average molecular weight is 563 g/mol. The molecule has 0 spiro atoms. The van der Waals surface area contributed by atoms with E-state index < -0.39 is 5.54 Å². The lowest BCUT2D eigenvalue weighted by atomic mass is 9.77. The highest BCUT2D eigenvalue weighted by Gasteiger charge is 2.36. The Morgan fingerprint density at radius 1 is 0.788 bits per heavy atom. The zero-order valence-corrected chi connectivity index (χ0v) is 20.6. The molecule has 4 aromatic carbocycles. The fourth-order valence-corrected chi connectivity index (χ4v) is 4.49. The molecular formula is C27H22IN3OS. The van der Waals surface area contributed by atoms with Crippen LogP contribution in [0.2, 0.25) is 0 Å². The Balaban J connectivity index is 1.72. The molecule has 0 saturated carbocycles. The third-order valence-corrected chi connectivity index (χ3v) is 6.15. The summed E-state index contributed by atoms with van der Waals surface area (Å²) in [5, 5.41) is 18.2. The molecule has 164 valence electrons. The van der Waals surface area contributed by atoms with Crippen LogP contribution >= 0.6 is 34.8 Å². The number of phenolic OH excluding ortho intramolecular Hbond substituents is 1. The standard InChI is InChI=1S/C27H22IN3OS/c28-24-16-17-25(32)20(18-24)19-29-31-26(33)30-27(21-10-4-1-5-11-21,22-12-6-2-7-13-22)23-14-8-3-9-15-23/h1-19,32H,(H2,30,31,33)/b29-19+. The first-order valence-electron chi connectivity index (χ1n) is 10.4. The van der Waals surface area contributed by atoms with Crippen molar-refractivity contribution in [2.24, 2.45) is 5.10 Å². The largest absolute Gasteiger partial charge is 0.507 e. The highest BCUT2D eigenvalue weighted by atomic mass is 127. The van der Waals surface area contributed by atoms with Crippen molar-refractivity contribution < 1.29 is 5.11 Å². The fraction of sp³-hybridized carbons (Fsp3) is 0.0370. The van der Waals surface area contributed by atoms with E-state index in [0.29, 0.717) is 10.7 Å². The van der Waals surface area contributed by atoms with Gasteiger partial charge in [0.15, 0.2) is 5.11 Å².